The third-order valence-electron chi connectivity index (χ3n) is 3.16. The predicted molar refractivity (Wildman–Crippen MR) is 88.9 cm³/mol. The fourth-order valence-electron chi connectivity index (χ4n) is 2.07. The first-order chi connectivity index (χ1) is 11.4. The minimum absolute atomic E-state index is 0.204. The number of carbonyl (C=O) groups is 1. The van der Waals surface area contributed by atoms with E-state index in [-0.39, 0.29) is 11.1 Å². The van der Waals surface area contributed by atoms with Crippen molar-refractivity contribution < 1.29 is 17.9 Å². The second-order valence-corrected chi connectivity index (χ2v) is 6.64. The zero-order chi connectivity index (χ0) is 17.6. The fraction of sp³-hybridized carbons (Fsp3) is 0.176. The Morgan fingerprint density at radius 2 is 1.83 bits per heavy atom. The number of amides is 1. The first kappa shape index (κ1) is 17.5. The standard InChI is InChI=1S/C17H16N2O4S/c1-2-23-16-9-7-13(8-10-16)17(20)19-24(21,22)12-15-6-4-3-5-14(15)11-18/h3-10H,2,12H2,1H3,(H,19,20). The number of hydrogen-bond acceptors (Lipinski definition) is 5. The van der Waals surface area contributed by atoms with E-state index in [4.69, 9.17) is 10.00 Å². The largest absolute Gasteiger partial charge is 0.494 e. The van der Waals surface area contributed by atoms with Gasteiger partial charge in [-0.3, -0.25) is 4.79 Å². The molecule has 0 bridgehead atoms. The summed E-state index contributed by atoms with van der Waals surface area (Å²) in [7, 11) is -3.92. The Kier molecular flexibility index (Phi) is 5.55. The van der Waals surface area contributed by atoms with Gasteiger partial charge in [-0.25, -0.2) is 13.1 Å². The van der Waals surface area contributed by atoms with Crippen molar-refractivity contribution >= 4 is 15.9 Å². The summed E-state index contributed by atoms with van der Waals surface area (Å²) >= 11 is 0. The maximum atomic E-state index is 12.2. The zero-order valence-corrected chi connectivity index (χ0v) is 13.8. The molecule has 0 saturated heterocycles. The quantitative estimate of drug-likeness (QED) is 0.867. The van der Waals surface area contributed by atoms with Crippen LogP contribution in [0.3, 0.4) is 0 Å². The topological polar surface area (TPSA) is 96.3 Å². The summed E-state index contributed by atoms with van der Waals surface area (Å²) in [5.41, 5.74) is 0.805. The van der Waals surface area contributed by atoms with Crippen LogP contribution in [0.25, 0.3) is 0 Å². The van der Waals surface area contributed by atoms with E-state index < -0.39 is 21.7 Å². The lowest BCUT2D eigenvalue weighted by atomic mass is 10.1. The minimum atomic E-state index is -3.92. The van der Waals surface area contributed by atoms with E-state index in [2.05, 4.69) is 0 Å². The SMILES string of the molecule is CCOc1ccc(C(=O)NS(=O)(=O)Cc2ccccc2C#N)cc1. The molecule has 0 unspecified atom stereocenters. The zero-order valence-electron chi connectivity index (χ0n) is 13.0. The van der Waals surface area contributed by atoms with Crippen molar-refractivity contribution in [2.75, 3.05) is 6.61 Å². The molecule has 2 rings (SSSR count). The van der Waals surface area contributed by atoms with Gasteiger partial charge in [0.25, 0.3) is 5.91 Å². The molecule has 0 saturated carbocycles. The lowest BCUT2D eigenvalue weighted by Gasteiger charge is -2.09. The van der Waals surface area contributed by atoms with Crippen LogP contribution in [0.1, 0.15) is 28.4 Å². The molecule has 7 heteroatoms. The van der Waals surface area contributed by atoms with Gasteiger partial charge in [0.15, 0.2) is 0 Å². The molecule has 0 aliphatic rings. The Balaban J connectivity index is 2.11. The highest BCUT2D eigenvalue weighted by Gasteiger charge is 2.18. The average Bonchev–Trinajstić information content (AvgIpc) is 2.55. The first-order valence-corrected chi connectivity index (χ1v) is 8.86. The first-order valence-electron chi connectivity index (χ1n) is 7.21. The van der Waals surface area contributed by atoms with Gasteiger partial charge in [0, 0.05) is 5.56 Å². The molecule has 0 aliphatic heterocycles. The third kappa shape index (κ3) is 4.57. The van der Waals surface area contributed by atoms with Gasteiger partial charge in [-0.05, 0) is 42.8 Å². The fourth-order valence-corrected chi connectivity index (χ4v) is 3.20. The molecule has 0 atom stereocenters. The predicted octanol–water partition coefficient (Wildman–Crippen LogP) is 2.22. The van der Waals surface area contributed by atoms with E-state index in [0.717, 1.165) is 0 Å². The van der Waals surface area contributed by atoms with Crippen molar-refractivity contribution in [3.63, 3.8) is 0 Å². The van der Waals surface area contributed by atoms with Gasteiger partial charge < -0.3 is 4.74 Å². The molecule has 2 aromatic carbocycles. The second kappa shape index (κ2) is 7.62. The molecular formula is C17H16N2O4S. The van der Waals surface area contributed by atoms with Crippen LogP contribution in [-0.2, 0) is 15.8 Å². The number of nitrogens with one attached hydrogen (secondary N) is 1. The van der Waals surface area contributed by atoms with Crippen molar-refractivity contribution in [1.82, 2.24) is 4.72 Å². The van der Waals surface area contributed by atoms with Crippen LogP contribution in [0.2, 0.25) is 0 Å². The molecule has 0 aliphatic carbocycles. The lowest BCUT2D eigenvalue weighted by molar-refractivity contribution is 0.0981. The molecule has 0 heterocycles. The number of carbonyl (C=O) groups excluding carboxylic acids is 1. The number of benzene rings is 2. The van der Waals surface area contributed by atoms with Crippen molar-refractivity contribution in [3.05, 3.63) is 65.2 Å². The Hall–Kier alpha value is -2.85. The smallest absolute Gasteiger partial charge is 0.264 e. The van der Waals surface area contributed by atoms with Crippen molar-refractivity contribution in [2.45, 2.75) is 12.7 Å². The number of nitrogens with zero attached hydrogens (tertiary/aromatic N) is 1. The number of sulfonamides is 1. The molecular weight excluding hydrogens is 328 g/mol. The van der Waals surface area contributed by atoms with Gasteiger partial charge in [0.2, 0.25) is 10.0 Å². The van der Waals surface area contributed by atoms with Crippen LogP contribution in [0.4, 0.5) is 0 Å². The molecule has 0 spiro atoms. The van der Waals surface area contributed by atoms with Crippen molar-refractivity contribution in [2.24, 2.45) is 0 Å². The van der Waals surface area contributed by atoms with Gasteiger partial charge in [-0.2, -0.15) is 5.26 Å². The number of nitriles is 1. The maximum absolute atomic E-state index is 12.2. The number of hydrogen-bond donors (Lipinski definition) is 1. The van der Waals surface area contributed by atoms with Gasteiger partial charge in [-0.1, -0.05) is 18.2 Å². The summed E-state index contributed by atoms with van der Waals surface area (Å²) in [6.07, 6.45) is 0. The summed E-state index contributed by atoms with van der Waals surface area (Å²) in [6, 6.07) is 14.4. The van der Waals surface area contributed by atoms with E-state index in [1.54, 1.807) is 30.3 Å². The normalized spacial score (nSPS) is 10.7. The van der Waals surface area contributed by atoms with Gasteiger partial charge in [0.1, 0.15) is 5.75 Å². The van der Waals surface area contributed by atoms with Crippen molar-refractivity contribution in [1.29, 1.82) is 5.26 Å². The van der Waals surface area contributed by atoms with E-state index in [1.165, 1.54) is 18.2 Å². The third-order valence-corrected chi connectivity index (χ3v) is 4.35. The minimum Gasteiger partial charge on any atom is -0.494 e. The molecule has 0 aromatic heterocycles. The molecule has 0 fully saturated rings. The average molecular weight is 344 g/mol. The second-order valence-electron chi connectivity index (χ2n) is 4.92. The highest BCUT2D eigenvalue weighted by atomic mass is 32.2. The van der Waals surface area contributed by atoms with Crippen molar-refractivity contribution in [3.8, 4) is 11.8 Å². The van der Waals surface area contributed by atoms with Gasteiger partial charge in [0.05, 0.1) is 24.0 Å². The molecule has 124 valence electrons. The highest BCUT2D eigenvalue weighted by Crippen LogP contribution is 2.14. The summed E-state index contributed by atoms with van der Waals surface area (Å²) in [6.45, 7) is 2.34. The summed E-state index contributed by atoms with van der Waals surface area (Å²) in [5, 5.41) is 9.00. The van der Waals surface area contributed by atoms with Crippen LogP contribution in [0.5, 0.6) is 5.75 Å². The van der Waals surface area contributed by atoms with Crippen LogP contribution in [-0.4, -0.2) is 20.9 Å². The Bertz CT molecular complexity index is 868. The Morgan fingerprint density at radius 1 is 1.17 bits per heavy atom. The molecule has 2 aromatic rings. The number of ether oxygens (including phenoxy) is 1. The van der Waals surface area contributed by atoms with Gasteiger partial charge in [-0.15, -0.1) is 0 Å². The maximum Gasteiger partial charge on any atom is 0.264 e. The Morgan fingerprint density at radius 3 is 2.46 bits per heavy atom. The van der Waals surface area contributed by atoms with Crippen LogP contribution in [0, 0.1) is 11.3 Å². The van der Waals surface area contributed by atoms with Crippen LogP contribution < -0.4 is 9.46 Å². The summed E-state index contributed by atoms with van der Waals surface area (Å²) in [5.74, 6) is -0.577. The molecule has 24 heavy (non-hydrogen) atoms. The molecule has 1 amide bonds. The van der Waals surface area contributed by atoms with E-state index in [9.17, 15) is 13.2 Å². The van der Waals surface area contributed by atoms with Gasteiger partial charge >= 0.3 is 0 Å². The van der Waals surface area contributed by atoms with E-state index >= 15 is 0 Å². The lowest BCUT2D eigenvalue weighted by Crippen LogP contribution is -2.31. The monoisotopic (exact) mass is 344 g/mol. The van der Waals surface area contributed by atoms with E-state index in [1.807, 2.05) is 17.7 Å². The molecule has 6 nitrogen and oxygen atoms in total. The number of rotatable bonds is 6. The highest BCUT2D eigenvalue weighted by molar-refractivity contribution is 7.89. The van der Waals surface area contributed by atoms with E-state index in [0.29, 0.717) is 17.9 Å². The van der Waals surface area contributed by atoms with Crippen LogP contribution >= 0.6 is 0 Å². The summed E-state index contributed by atoms with van der Waals surface area (Å²) in [4.78, 5) is 12.1. The molecule has 0 radical (unpaired) electrons. The Labute approximate surface area is 140 Å². The van der Waals surface area contributed by atoms with Crippen LogP contribution in [0.15, 0.2) is 48.5 Å². The molecule has 1 N–H and O–H groups in total. The summed E-state index contributed by atoms with van der Waals surface area (Å²) < 4.78 is 31.6.